The lowest BCUT2D eigenvalue weighted by Gasteiger charge is -2.33. The summed E-state index contributed by atoms with van der Waals surface area (Å²) in [5.41, 5.74) is 15.2. The highest BCUT2D eigenvalue weighted by atomic mass is 16.5. The number of rotatable bonds is 3. The van der Waals surface area contributed by atoms with Crippen molar-refractivity contribution in [1.29, 1.82) is 0 Å². The van der Waals surface area contributed by atoms with Crippen LogP contribution in [-0.4, -0.2) is 25.4 Å². The monoisotopic (exact) mass is 716 g/mol. The summed E-state index contributed by atoms with van der Waals surface area (Å²) in [5, 5.41) is 2.51. The van der Waals surface area contributed by atoms with Crippen LogP contribution in [0.2, 0.25) is 0 Å². The molecule has 0 unspecified atom stereocenters. The molecule has 11 aromatic rings. The van der Waals surface area contributed by atoms with Gasteiger partial charge in [-0.25, -0.2) is 4.98 Å². The van der Waals surface area contributed by atoms with Gasteiger partial charge < -0.3 is 14.0 Å². The molecule has 8 aromatic carbocycles. The Balaban J connectivity index is 0.949. The third-order valence-electron chi connectivity index (χ3n) is 11.7. The van der Waals surface area contributed by atoms with E-state index in [1.165, 1.54) is 21.8 Å². The molecular weight excluding hydrogens is 687 g/mol. The lowest BCUT2D eigenvalue weighted by atomic mass is 9.50. The molecule has 0 bridgehead atoms. The molecule has 0 saturated heterocycles. The van der Waals surface area contributed by atoms with Gasteiger partial charge in [0, 0.05) is 39.0 Å². The van der Waals surface area contributed by atoms with Crippen molar-refractivity contribution in [2.75, 3.05) is 0 Å². The topological polar surface area (TPSA) is 45.6 Å². The molecule has 0 aliphatic carbocycles. The van der Waals surface area contributed by atoms with Crippen LogP contribution in [-0.2, 0) is 0 Å². The molecule has 13 rings (SSSR count). The van der Waals surface area contributed by atoms with Gasteiger partial charge in [0.2, 0.25) is 5.78 Å². The molecule has 56 heavy (non-hydrogen) atoms. The van der Waals surface area contributed by atoms with Crippen molar-refractivity contribution >= 4 is 67.5 Å². The lowest BCUT2D eigenvalue weighted by Crippen LogP contribution is -2.53. The highest BCUT2D eigenvalue weighted by Crippen LogP contribution is 2.42. The van der Waals surface area contributed by atoms with E-state index in [9.17, 15) is 0 Å². The van der Waals surface area contributed by atoms with Gasteiger partial charge in [0.1, 0.15) is 17.2 Å². The first-order valence-electron chi connectivity index (χ1n) is 19.0. The summed E-state index contributed by atoms with van der Waals surface area (Å²) in [6, 6.07) is 62.2. The molecule has 0 amide bonds. The molecule has 0 atom stereocenters. The second-order valence-electron chi connectivity index (χ2n) is 14.7. The summed E-state index contributed by atoms with van der Waals surface area (Å²) in [5.74, 6) is 3.31. The number of hydrogen-bond acceptors (Lipinski definition) is 3. The van der Waals surface area contributed by atoms with Gasteiger partial charge in [0.15, 0.2) is 0 Å². The van der Waals surface area contributed by atoms with Gasteiger partial charge in [-0.1, -0.05) is 103 Å². The Morgan fingerprint density at radius 1 is 0.446 bits per heavy atom. The summed E-state index contributed by atoms with van der Waals surface area (Å²) >= 11 is 0. The molecule has 2 aliphatic rings. The van der Waals surface area contributed by atoms with Gasteiger partial charge in [-0.15, -0.1) is 0 Å². The molecule has 5 heterocycles. The van der Waals surface area contributed by atoms with E-state index in [1.807, 2.05) is 12.1 Å². The van der Waals surface area contributed by atoms with Crippen LogP contribution in [0.3, 0.4) is 0 Å². The minimum absolute atomic E-state index is 0.333. The average molecular weight is 717 g/mol. The van der Waals surface area contributed by atoms with Crippen LogP contribution in [0.1, 0.15) is 0 Å². The zero-order valence-electron chi connectivity index (χ0n) is 29.9. The number of aromatic nitrogens is 4. The number of benzene rings is 8. The number of para-hydroxylation sites is 7. The first-order valence-corrected chi connectivity index (χ1v) is 19.0. The van der Waals surface area contributed by atoms with Crippen LogP contribution in [0.5, 0.6) is 17.2 Å². The van der Waals surface area contributed by atoms with Crippen molar-refractivity contribution in [2.24, 2.45) is 0 Å². The third-order valence-corrected chi connectivity index (χ3v) is 11.7. The Morgan fingerprint density at radius 2 is 1.11 bits per heavy atom. The van der Waals surface area contributed by atoms with E-state index in [0.29, 0.717) is 0 Å². The van der Waals surface area contributed by atoms with Gasteiger partial charge in [0.25, 0.3) is 0 Å². The Labute approximate surface area is 321 Å². The van der Waals surface area contributed by atoms with E-state index in [4.69, 9.17) is 14.4 Å². The van der Waals surface area contributed by atoms with E-state index < -0.39 is 0 Å². The van der Waals surface area contributed by atoms with Crippen LogP contribution >= 0.6 is 0 Å². The number of nitrogens with zero attached hydrogens (tertiary/aromatic N) is 4. The number of ether oxygens (including phenoxy) is 1. The molecular formula is C49H29BN4O2. The molecule has 7 heteroatoms. The minimum Gasteiger partial charge on any atom is -0.551 e. The van der Waals surface area contributed by atoms with Crippen molar-refractivity contribution in [3.63, 3.8) is 0 Å². The molecule has 0 radical (unpaired) electrons. The maximum atomic E-state index is 6.91. The molecule has 0 spiro atoms. The second-order valence-corrected chi connectivity index (χ2v) is 14.7. The molecule has 0 fully saturated rings. The molecule has 0 saturated carbocycles. The van der Waals surface area contributed by atoms with Crippen molar-refractivity contribution in [3.05, 3.63) is 176 Å². The summed E-state index contributed by atoms with van der Waals surface area (Å²) in [4.78, 5) is 5.15. The number of fused-ring (bicyclic) bond motifs is 12. The summed E-state index contributed by atoms with van der Waals surface area (Å²) in [6.45, 7) is -0.333. The van der Waals surface area contributed by atoms with E-state index in [-0.39, 0.29) is 6.92 Å². The fourth-order valence-corrected chi connectivity index (χ4v) is 9.27. The van der Waals surface area contributed by atoms with E-state index in [1.54, 1.807) is 0 Å². The maximum absolute atomic E-state index is 6.91. The quantitative estimate of drug-likeness (QED) is 0.171. The van der Waals surface area contributed by atoms with Gasteiger partial charge in [0.05, 0.1) is 38.8 Å². The SMILES string of the molecule is c1ccc2c(c1)OB1c3cc(-c4ccc(-n5c6ccccc6c6ccccc65)cc4)ccc3Oc3cc(-n4c5ccccc5n5c6ccccc6nc45)cc-2c31. The molecule has 260 valence electrons. The van der Waals surface area contributed by atoms with Crippen LogP contribution in [0.4, 0.5) is 0 Å². The Hall–Kier alpha value is -7.51. The molecule has 6 nitrogen and oxygen atoms in total. The second kappa shape index (κ2) is 11.0. The molecule has 0 N–H and O–H groups in total. The lowest BCUT2D eigenvalue weighted by molar-refractivity contribution is 0.479. The van der Waals surface area contributed by atoms with E-state index in [2.05, 4.69) is 177 Å². The van der Waals surface area contributed by atoms with Crippen LogP contribution in [0.25, 0.3) is 83.3 Å². The highest BCUT2D eigenvalue weighted by molar-refractivity contribution is 6.84. The van der Waals surface area contributed by atoms with Crippen LogP contribution in [0.15, 0.2) is 176 Å². The summed E-state index contributed by atoms with van der Waals surface area (Å²) in [6.07, 6.45) is 0. The maximum Gasteiger partial charge on any atom is 0.434 e. The summed E-state index contributed by atoms with van der Waals surface area (Å²) in [7, 11) is 0. The normalized spacial score (nSPS) is 12.9. The predicted octanol–water partition coefficient (Wildman–Crippen LogP) is 10.5. The van der Waals surface area contributed by atoms with Gasteiger partial charge in [-0.2, -0.15) is 0 Å². The Bertz CT molecular complexity index is 3390. The predicted molar refractivity (Wildman–Crippen MR) is 227 cm³/mol. The fourth-order valence-electron chi connectivity index (χ4n) is 9.27. The summed E-state index contributed by atoms with van der Waals surface area (Å²) < 4.78 is 20.6. The highest BCUT2D eigenvalue weighted by Gasteiger charge is 2.41. The fraction of sp³-hybridized carbons (Fsp3) is 0. The van der Waals surface area contributed by atoms with E-state index >= 15 is 0 Å². The Morgan fingerprint density at radius 3 is 1.91 bits per heavy atom. The van der Waals surface area contributed by atoms with Crippen molar-refractivity contribution in [3.8, 4) is 50.9 Å². The van der Waals surface area contributed by atoms with Crippen molar-refractivity contribution in [1.82, 2.24) is 18.5 Å². The zero-order valence-corrected chi connectivity index (χ0v) is 29.9. The third kappa shape index (κ3) is 4.03. The van der Waals surface area contributed by atoms with Crippen molar-refractivity contribution < 1.29 is 9.39 Å². The van der Waals surface area contributed by atoms with Gasteiger partial charge in [-0.05, 0) is 83.4 Å². The van der Waals surface area contributed by atoms with E-state index in [0.717, 1.165) is 89.6 Å². The zero-order chi connectivity index (χ0) is 36.5. The minimum atomic E-state index is -0.333. The Kier molecular flexibility index (Phi) is 5.89. The number of hydrogen-bond donors (Lipinski definition) is 0. The molecule has 2 aliphatic heterocycles. The standard InChI is InChI=1S/C49H29BN4O2/c1-5-15-40-34(11-1)35-12-2-6-16-41(35)52(40)32-24-21-30(22-25-32)31-23-26-46-38(27-31)50-48-37(36-13-3-10-20-45(36)56-50)28-33(29-47(48)55-46)53-43-18-8-9-19-44(43)54-42-17-7-4-14-39(42)51-49(53)54/h1-29H. The average Bonchev–Trinajstić information content (AvgIpc) is 3.90. The first kappa shape index (κ1) is 29.9. The van der Waals surface area contributed by atoms with Crippen LogP contribution in [0, 0.1) is 0 Å². The molecule has 3 aromatic heterocycles. The van der Waals surface area contributed by atoms with Crippen molar-refractivity contribution in [2.45, 2.75) is 0 Å². The smallest absolute Gasteiger partial charge is 0.434 e. The van der Waals surface area contributed by atoms with Gasteiger partial charge >= 0.3 is 6.92 Å². The van der Waals surface area contributed by atoms with Gasteiger partial charge in [-0.3, -0.25) is 8.97 Å². The number of imidazole rings is 2. The largest absolute Gasteiger partial charge is 0.551 e. The van der Waals surface area contributed by atoms with Crippen LogP contribution < -0.4 is 20.3 Å². The first-order chi connectivity index (χ1) is 27.8.